The van der Waals surface area contributed by atoms with Crippen molar-refractivity contribution >= 4 is 0 Å². The van der Waals surface area contributed by atoms with Crippen molar-refractivity contribution < 1.29 is 5.11 Å². The first-order valence-electron chi connectivity index (χ1n) is 7.01. The Bertz CT molecular complexity index is 315. The minimum Gasteiger partial charge on any atom is -0.390 e. The smallest absolute Gasteiger partial charge is 0.0656 e. The first-order valence-corrected chi connectivity index (χ1v) is 7.01. The Balaban J connectivity index is 2.04. The Morgan fingerprint density at radius 1 is 1.00 bits per heavy atom. The molecule has 3 aliphatic rings. The molecule has 5 atom stereocenters. The summed E-state index contributed by atoms with van der Waals surface area (Å²) >= 11 is 0. The van der Waals surface area contributed by atoms with E-state index >= 15 is 0 Å². The topological polar surface area (TPSA) is 20.2 Å². The second-order valence-electron chi connectivity index (χ2n) is 7.85. The van der Waals surface area contributed by atoms with Gasteiger partial charge in [-0.2, -0.15) is 0 Å². The maximum Gasteiger partial charge on any atom is 0.0656 e. The normalized spacial score (nSPS) is 58.7. The molecule has 1 N–H and O–H groups in total. The lowest BCUT2D eigenvalue weighted by Gasteiger charge is -2.71. The van der Waals surface area contributed by atoms with Crippen LogP contribution < -0.4 is 0 Å². The van der Waals surface area contributed by atoms with Crippen molar-refractivity contribution in [2.45, 2.75) is 65.4 Å². The molecule has 0 heterocycles. The van der Waals surface area contributed by atoms with Gasteiger partial charge in [0.2, 0.25) is 0 Å². The molecule has 1 heteroatoms. The summed E-state index contributed by atoms with van der Waals surface area (Å²) in [6.07, 6.45) is 6.36. The van der Waals surface area contributed by atoms with Crippen LogP contribution in [0.4, 0.5) is 0 Å². The highest BCUT2D eigenvalue weighted by Crippen LogP contribution is 2.74. The third-order valence-electron chi connectivity index (χ3n) is 6.42. The summed E-state index contributed by atoms with van der Waals surface area (Å²) in [5, 5.41) is 10.7. The van der Waals surface area contributed by atoms with Crippen LogP contribution in [0.3, 0.4) is 0 Å². The van der Waals surface area contributed by atoms with Gasteiger partial charge >= 0.3 is 0 Å². The van der Waals surface area contributed by atoms with Crippen molar-refractivity contribution in [3.05, 3.63) is 0 Å². The third-order valence-corrected chi connectivity index (χ3v) is 6.42. The van der Waals surface area contributed by atoms with Crippen LogP contribution in [0.2, 0.25) is 0 Å². The van der Waals surface area contributed by atoms with Crippen molar-refractivity contribution in [3.63, 3.8) is 0 Å². The van der Waals surface area contributed by atoms with Crippen LogP contribution in [0, 0.1) is 28.6 Å². The van der Waals surface area contributed by atoms with Gasteiger partial charge in [0.15, 0.2) is 0 Å². The average molecular weight is 222 g/mol. The van der Waals surface area contributed by atoms with Gasteiger partial charge in [0.1, 0.15) is 0 Å². The maximum absolute atomic E-state index is 10.7. The number of rotatable bonds is 0. The molecule has 0 aliphatic heterocycles. The molecular formula is C15H26O. The van der Waals surface area contributed by atoms with Crippen molar-refractivity contribution in [1.82, 2.24) is 0 Å². The van der Waals surface area contributed by atoms with Crippen LogP contribution in [0.15, 0.2) is 0 Å². The fraction of sp³-hybridized carbons (Fsp3) is 1.00. The molecule has 4 bridgehead atoms. The predicted molar refractivity (Wildman–Crippen MR) is 66.1 cm³/mol. The van der Waals surface area contributed by atoms with Crippen LogP contribution >= 0.6 is 0 Å². The van der Waals surface area contributed by atoms with E-state index in [1.54, 1.807) is 0 Å². The van der Waals surface area contributed by atoms with Gasteiger partial charge in [-0.3, -0.25) is 0 Å². The van der Waals surface area contributed by atoms with E-state index in [-0.39, 0.29) is 0 Å². The molecule has 0 aromatic carbocycles. The van der Waals surface area contributed by atoms with E-state index in [1.165, 1.54) is 25.7 Å². The molecular weight excluding hydrogens is 196 g/mol. The van der Waals surface area contributed by atoms with Crippen LogP contribution in [0.5, 0.6) is 0 Å². The molecule has 3 saturated carbocycles. The van der Waals surface area contributed by atoms with E-state index in [0.717, 1.165) is 18.3 Å². The fourth-order valence-electron chi connectivity index (χ4n) is 5.80. The molecule has 3 rings (SSSR count). The molecule has 92 valence electrons. The van der Waals surface area contributed by atoms with E-state index in [1.807, 2.05) is 0 Å². The summed E-state index contributed by atoms with van der Waals surface area (Å²) in [4.78, 5) is 0. The summed E-state index contributed by atoms with van der Waals surface area (Å²) in [6, 6.07) is 0. The molecule has 0 unspecified atom stereocenters. The maximum atomic E-state index is 10.7. The Labute approximate surface area is 99.6 Å². The second kappa shape index (κ2) is 2.85. The first kappa shape index (κ1) is 11.1. The molecule has 0 saturated heterocycles. The molecule has 3 aliphatic carbocycles. The Hall–Kier alpha value is -0.0400. The minimum absolute atomic E-state index is 0.393. The van der Waals surface area contributed by atoms with Gasteiger partial charge < -0.3 is 5.11 Å². The highest BCUT2D eigenvalue weighted by atomic mass is 16.3. The summed E-state index contributed by atoms with van der Waals surface area (Å²) in [5.41, 5.74) is 0.520. The Morgan fingerprint density at radius 3 is 2.31 bits per heavy atom. The summed E-state index contributed by atoms with van der Waals surface area (Å²) < 4.78 is 0. The third kappa shape index (κ3) is 1.11. The van der Waals surface area contributed by atoms with Crippen LogP contribution in [-0.2, 0) is 0 Å². The molecule has 1 nitrogen and oxygen atoms in total. The zero-order valence-electron chi connectivity index (χ0n) is 11.2. The van der Waals surface area contributed by atoms with Gasteiger partial charge in [-0.05, 0) is 61.2 Å². The monoisotopic (exact) mass is 222 g/mol. The van der Waals surface area contributed by atoms with Crippen molar-refractivity contribution in [1.29, 1.82) is 0 Å². The lowest BCUT2D eigenvalue weighted by atomic mass is 9.35. The zero-order chi connectivity index (χ0) is 11.8. The van der Waals surface area contributed by atoms with Crippen LogP contribution in [0.25, 0.3) is 0 Å². The van der Waals surface area contributed by atoms with Gasteiger partial charge in [-0.15, -0.1) is 0 Å². The van der Waals surface area contributed by atoms with Gasteiger partial charge in [-0.1, -0.05) is 27.2 Å². The lowest BCUT2D eigenvalue weighted by molar-refractivity contribution is -0.267. The molecule has 16 heavy (non-hydrogen) atoms. The SMILES string of the molecule is CC1(C)CCC[C@@]2(C)[C@H]3[C@@H]1[C@@H]2CC[C@]3(C)O. The zero-order valence-corrected chi connectivity index (χ0v) is 11.2. The van der Waals surface area contributed by atoms with E-state index in [0.29, 0.717) is 16.7 Å². The van der Waals surface area contributed by atoms with Crippen molar-refractivity contribution in [2.24, 2.45) is 28.6 Å². The average Bonchev–Trinajstić information content (AvgIpc) is 2.28. The molecule has 0 aromatic heterocycles. The highest BCUT2D eigenvalue weighted by molar-refractivity contribution is 5.19. The van der Waals surface area contributed by atoms with E-state index in [9.17, 15) is 5.11 Å². The number of aliphatic hydroxyl groups is 1. The van der Waals surface area contributed by atoms with Crippen molar-refractivity contribution in [3.8, 4) is 0 Å². The minimum atomic E-state index is -0.393. The first-order chi connectivity index (χ1) is 7.29. The molecule has 3 fully saturated rings. The van der Waals surface area contributed by atoms with Gasteiger partial charge in [0.05, 0.1) is 5.60 Å². The van der Waals surface area contributed by atoms with Gasteiger partial charge in [-0.25, -0.2) is 0 Å². The number of hydrogen-bond donors (Lipinski definition) is 1. The van der Waals surface area contributed by atoms with Crippen molar-refractivity contribution in [2.75, 3.05) is 0 Å². The Kier molecular flexibility index (Phi) is 1.98. The largest absolute Gasteiger partial charge is 0.390 e. The quantitative estimate of drug-likeness (QED) is 0.664. The Morgan fingerprint density at radius 2 is 1.69 bits per heavy atom. The van der Waals surface area contributed by atoms with Crippen LogP contribution in [-0.4, -0.2) is 10.7 Å². The van der Waals surface area contributed by atoms with E-state index < -0.39 is 5.60 Å². The van der Waals surface area contributed by atoms with Crippen LogP contribution in [0.1, 0.15) is 59.8 Å². The molecule has 0 aromatic rings. The standard InChI is InChI=1S/C15H26O/c1-13(2)7-5-8-14(3)10-6-9-15(4,16)12(14)11(10)13/h10-12,16H,5-9H2,1-4H3/t10-,11-,12+,14+,15-/m0/s1. The highest BCUT2D eigenvalue weighted by Gasteiger charge is 2.70. The van der Waals surface area contributed by atoms with Gasteiger partial charge in [0, 0.05) is 0 Å². The lowest BCUT2D eigenvalue weighted by Crippen LogP contribution is -2.69. The summed E-state index contributed by atoms with van der Waals surface area (Å²) in [5.74, 6) is 2.25. The summed E-state index contributed by atoms with van der Waals surface area (Å²) in [6.45, 7) is 9.42. The fourth-order valence-corrected chi connectivity index (χ4v) is 5.80. The number of hydrogen-bond acceptors (Lipinski definition) is 1. The molecule has 0 amide bonds. The van der Waals surface area contributed by atoms with Gasteiger partial charge in [0.25, 0.3) is 0 Å². The van der Waals surface area contributed by atoms with E-state index in [4.69, 9.17) is 0 Å². The second-order valence-corrected chi connectivity index (χ2v) is 7.85. The number of fused-ring (bicyclic) bond motifs is 1. The molecule has 0 radical (unpaired) electrons. The molecule has 0 spiro atoms. The predicted octanol–water partition coefficient (Wildman–Crippen LogP) is 3.61. The van der Waals surface area contributed by atoms with E-state index in [2.05, 4.69) is 27.7 Å². The summed E-state index contributed by atoms with van der Waals surface area (Å²) in [7, 11) is 0.